The Hall–Kier alpha value is 3.24. The van der Waals surface area contributed by atoms with E-state index in [9.17, 15) is 8.42 Å². The fourth-order valence-electron chi connectivity index (χ4n) is 2.41. The first kappa shape index (κ1) is 44.2. The maximum absolute atomic E-state index is 11.9. The Labute approximate surface area is 276 Å². The van der Waals surface area contributed by atoms with E-state index in [4.69, 9.17) is 23.4 Å². The normalized spacial score (nSPS) is 10.2. The molecule has 0 spiro atoms. The molecule has 0 unspecified atom stereocenters. The molecule has 0 fully saturated rings. The van der Waals surface area contributed by atoms with Crippen molar-refractivity contribution in [3.8, 4) is 0 Å². The van der Waals surface area contributed by atoms with Crippen LogP contribution in [0, 0.1) is 0 Å². The Balaban J connectivity index is -0.000000225. The Morgan fingerprint density at radius 3 is 1.48 bits per heavy atom. The Morgan fingerprint density at radius 2 is 1.10 bits per heavy atom. The third kappa shape index (κ3) is 33.2. The van der Waals surface area contributed by atoms with Gasteiger partial charge in [-0.05, 0) is 18.6 Å². The van der Waals surface area contributed by atoms with Crippen LogP contribution in [-0.2, 0) is 18.9 Å². The second-order valence-electron chi connectivity index (χ2n) is 6.28. The SMILES string of the molecule is CCCCCCCCCCCCOS(=O)(=O)c1ccccc1.O=P(O)(O)O.[NaH].[NaH].[NaH].[NaH]. The molecule has 1 aromatic rings. The van der Waals surface area contributed by atoms with E-state index in [0.29, 0.717) is 0 Å². The summed E-state index contributed by atoms with van der Waals surface area (Å²) in [6.45, 7) is 2.52. The van der Waals surface area contributed by atoms with Crippen molar-refractivity contribution in [2.45, 2.75) is 76.0 Å². The van der Waals surface area contributed by atoms with Crippen LogP contribution in [0.5, 0.6) is 0 Å². The van der Waals surface area contributed by atoms with Crippen molar-refractivity contribution >= 4 is 136 Å². The van der Waals surface area contributed by atoms with Gasteiger partial charge in [-0.2, -0.15) is 8.42 Å². The maximum atomic E-state index is 11.9. The van der Waals surface area contributed by atoms with Gasteiger partial charge in [0.1, 0.15) is 0 Å². The molecular weight excluding hydrogens is 483 g/mol. The summed E-state index contributed by atoms with van der Waals surface area (Å²) in [5.41, 5.74) is 0. The van der Waals surface area contributed by atoms with Crippen LogP contribution in [-0.4, -0.2) is 148 Å². The molecule has 0 heterocycles. The first-order valence-corrected chi connectivity index (χ1v) is 12.4. The second-order valence-corrected chi connectivity index (χ2v) is 8.93. The molecule has 0 bridgehead atoms. The van der Waals surface area contributed by atoms with Crippen LogP contribution in [0.2, 0.25) is 0 Å². The average molecular weight is 520 g/mol. The molecule has 0 atom stereocenters. The molecule has 7 nitrogen and oxygen atoms in total. The molecule has 0 aliphatic carbocycles. The summed E-state index contributed by atoms with van der Waals surface area (Å²) in [7, 11) is -8.21. The molecule has 0 aliphatic rings. The Kier molecular flexibility index (Phi) is 39.7. The van der Waals surface area contributed by atoms with Gasteiger partial charge in [-0.3, -0.25) is 4.18 Å². The number of hydrogen-bond donors (Lipinski definition) is 3. The monoisotopic (exact) mass is 520 g/mol. The van der Waals surface area contributed by atoms with Crippen LogP contribution >= 0.6 is 7.82 Å². The van der Waals surface area contributed by atoms with E-state index in [-0.39, 0.29) is 130 Å². The zero-order chi connectivity index (χ0) is 20.6. The van der Waals surface area contributed by atoms with Gasteiger partial charge in [-0.25, -0.2) is 4.57 Å². The first-order chi connectivity index (χ1) is 12.7. The van der Waals surface area contributed by atoms with Crippen molar-refractivity contribution < 1.29 is 31.8 Å². The molecule has 0 aromatic heterocycles. The van der Waals surface area contributed by atoms with Crippen LogP contribution in [0.4, 0.5) is 0 Å². The Morgan fingerprint density at radius 1 is 0.742 bits per heavy atom. The predicted octanol–water partition coefficient (Wildman–Crippen LogP) is 1.79. The number of benzene rings is 1. The molecule has 166 valence electrons. The van der Waals surface area contributed by atoms with E-state index >= 15 is 0 Å². The van der Waals surface area contributed by atoms with Crippen molar-refractivity contribution in [1.29, 1.82) is 0 Å². The van der Waals surface area contributed by atoms with Gasteiger partial charge in [0.05, 0.1) is 11.5 Å². The van der Waals surface area contributed by atoms with Crippen LogP contribution in [0.1, 0.15) is 71.1 Å². The molecule has 3 N–H and O–H groups in total. The van der Waals surface area contributed by atoms with Gasteiger partial charge >= 0.3 is 126 Å². The molecule has 0 saturated heterocycles. The summed E-state index contributed by atoms with van der Waals surface area (Å²) in [6, 6.07) is 8.33. The van der Waals surface area contributed by atoms with Crippen molar-refractivity contribution in [3.05, 3.63) is 30.3 Å². The summed E-state index contributed by atoms with van der Waals surface area (Å²) in [5.74, 6) is 0. The van der Waals surface area contributed by atoms with Crippen LogP contribution < -0.4 is 0 Å². The van der Waals surface area contributed by atoms with Gasteiger partial charge in [-0.15, -0.1) is 0 Å². The van der Waals surface area contributed by atoms with Gasteiger partial charge in [0.15, 0.2) is 0 Å². The van der Waals surface area contributed by atoms with Crippen LogP contribution in [0.15, 0.2) is 35.2 Å². The van der Waals surface area contributed by atoms with E-state index in [1.165, 1.54) is 51.4 Å². The van der Waals surface area contributed by atoms with E-state index < -0.39 is 17.9 Å². The molecule has 0 saturated carbocycles. The van der Waals surface area contributed by atoms with E-state index in [0.717, 1.165) is 12.8 Å². The summed E-state index contributed by atoms with van der Waals surface area (Å²) in [5, 5.41) is 0. The molecule has 1 rings (SSSR count). The second kappa shape index (κ2) is 27.8. The molecular formula is C18H37Na4O7PS. The first-order valence-electron chi connectivity index (χ1n) is 9.39. The third-order valence-corrected chi connectivity index (χ3v) is 5.09. The van der Waals surface area contributed by atoms with Gasteiger partial charge in [0.25, 0.3) is 10.1 Å². The van der Waals surface area contributed by atoms with Gasteiger partial charge < -0.3 is 14.7 Å². The zero-order valence-electron chi connectivity index (χ0n) is 16.0. The van der Waals surface area contributed by atoms with Crippen LogP contribution in [0.3, 0.4) is 0 Å². The molecule has 31 heavy (non-hydrogen) atoms. The number of phosphoric acid groups is 1. The van der Waals surface area contributed by atoms with Crippen molar-refractivity contribution in [3.63, 3.8) is 0 Å². The van der Waals surface area contributed by atoms with Crippen molar-refractivity contribution in [2.24, 2.45) is 0 Å². The van der Waals surface area contributed by atoms with Crippen LogP contribution in [0.25, 0.3) is 0 Å². The molecule has 0 radical (unpaired) electrons. The van der Waals surface area contributed by atoms with Gasteiger partial charge in [-0.1, -0.05) is 82.9 Å². The standard InChI is InChI=1S/C18H30O3S.4Na.H3O4P.4H/c1-2-3-4-5-6-7-8-9-10-14-17-21-22(19,20)18-15-12-11-13-16-18;;;;;1-5(2,3)4;;;;/h11-13,15-16H,2-10,14,17H2,1H3;;;;;(H3,1,2,3,4);;;;. The third-order valence-electron chi connectivity index (χ3n) is 3.77. The zero-order valence-corrected chi connectivity index (χ0v) is 17.7. The fraction of sp³-hybridized carbons (Fsp3) is 0.667. The van der Waals surface area contributed by atoms with E-state index in [2.05, 4.69) is 6.92 Å². The van der Waals surface area contributed by atoms with Gasteiger partial charge in [0.2, 0.25) is 0 Å². The number of rotatable bonds is 13. The fourth-order valence-corrected chi connectivity index (χ4v) is 3.38. The predicted molar refractivity (Wildman–Crippen MR) is 134 cm³/mol. The summed E-state index contributed by atoms with van der Waals surface area (Å²) >= 11 is 0. The van der Waals surface area contributed by atoms with E-state index in [1.807, 2.05) is 0 Å². The summed E-state index contributed by atoms with van der Waals surface area (Å²) in [6.07, 6.45) is 12.3. The number of unbranched alkanes of at least 4 members (excludes halogenated alkanes) is 9. The average Bonchev–Trinajstić information content (AvgIpc) is 2.59. The minimum atomic E-state index is -4.64. The summed E-state index contributed by atoms with van der Waals surface area (Å²) in [4.78, 5) is 21.8. The van der Waals surface area contributed by atoms with Gasteiger partial charge in [0, 0.05) is 0 Å². The van der Waals surface area contributed by atoms with Crippen molar-refractivity contribution in [1.82, 2.24) is 0 Å². The molecule has 13 heteroatoms. The molecule has 0 aliphatic heterocycles. The summed E-state index contributed by atoms with van der Waals surface area (Å²) < 4.78 is 37.7. The number of hydrogen-bond acceptors (Lipinski definition) is 4. The Bertz CT molecular complexity index is 623. The molecule has 1 aromatic carbocycles. The van der Waals surface area contributed by atoms with E-state index in [1.54, 1.807) is 30.3 Å². The van der Waals surface area contributed by atoms with Crippen molar-refractivity contribution in [2.75, 3.05) is 6.61 Å². The quantitative estimate of drug-likeness (QED) is 0.157. The minimum absolute atomic E-state index is 0. The topological polar surface area (TPSA) is 121 Å². The molecule has 0 amide bonds.